The van der Waals surface area contributed by atoms with Gasteiger partial charge in [0.2, 0.25) is 0 Å². The van der Waals surface area contributed by atoms with Gasteiger partial charge in [0.05, 0.1) is 7.11 Å². The van der Waals surface area contributed by atoms with Gasteiger partial charge in [0.25, 0.3) is 0 Å². The molecule has 0 aliphatic carbocycles. The van der Waals surface area contributed by atoms with Gasteiger partial charge < -0.3 is 14.3 Å². The maximum Gasteiger partial charge on any atom is 0.127 e. The van der Waals surface area contributed by atoms with Crippen LogP contribution < -0.4 is 9.47 Å². The van der Waals surface area contributed by atoms with Crippen molar-refractivity contribution < 1.29 is 14.3 Å². The Morgan fingerprint density at radius 2 is 2.00 bits per heavy atom. The average molecular weight is 260 g/mol. The molecule has 0 amide bonds. The summed E-state index contributed by atoms with van der Waals surface area (Å²) in [6.45, 7) is 4.41. The number of carbonyl (C=O) groups is 1. The highest BCUT2D eigenvalue weighted by atomic mass is 16.5. The van der Waals surface area contributed by atoms with Crippen LogP contribution in [0, 0.1) is 0 Å². The molecule has 3 nitrogen and oxygen atoms in total. The van der Waals surface area contributed by atoms with Gasteiger partial charge in [-0.25, -0.2) is 0 Å². The fourth-order valence-corrected chi connectivity index (χ4v) is 1.76. The van der Waals surface area contributed by atoms with Crippen LogP contribution >= 0.6 is 0 Å². The molecule has 1 rings (SSSR count). The Labute approximate surface area is 114 Å². The smallest absolute Gasteiger partial charge is 0.127 e. The molecular weight excluding hydrogens is 240 g/mol. The SMILES string of the molecule is C/C=C\C(=C/C)COc1cccc(OC)c1CC=O. The van der Waals surface area contributed by atoms with Gasteiger partial charge in [0.15, 0.2) is 0 Å². The van der Waals surface area contributed by atoms with Crippen molar-refractivity contribution in [1.29, 1.82) is 0 Å². The molecule has 1 aromatic rings. The average Bonchev–Trinajstić information content (AvgIpc) is 2.44. The van der Waals surface area contributed by atoms with E-state index in [2.05, 4.69) is 0 Å². The zero-order valence-corrected chi connectivity index (χ0v) is 11.7. The number of rotatable bonds is 7. The van der Waals surface area contributed by atoms with Crippen LogP contribution in [0.5, 0.6) is 11.5 Å². The Morgan fingerprint density at radius 3 is 2.58 bits per heavy atom. The van der Waals surface area contributed by atoms with Gasteiger partial charge in [-0.1, -0.05) is 24.3 Å². The van der Waals surface area contributed by atoms with Gasteiger partial charge in [-0.05, 0) is 31.6 Å². The Hall–Kier alpha value is -2.03. The van der Waals surface area contributed by atoms with E-state index in [1.165, 1.54) is 0 Å². The molecule has 102 valence electrons. The van der Waals surface area contributed by atoms with E-state index in [1.54, 1.807) is 7.11 Å². The van der Waals surface area contributed by atoms with Crippen molar-refractivity contribution in [3.05, 3.63) is 47.6 Å². The second-order valence-corrected chi connectivity index (χ2v) is 3.96. The molecular formula is C16H20O3. The molecule has 3 heteroatoms. The minimum atomic E-state index is 0.286. The summed E-state index contributed by atoms with van der Waals surface area (Å²) >= 11 is 0. The predicted molar refractivity (Wildman–Crippen MR) is 76.8 cm³/mol. The quantitative estimate of drug-likeness (QED) is 0.557. The minimum Gasteiger partial charge on any atom is -0.496 e. The first-order valence-corrected chi connectivity index (χ1v) is 6.27. The van der Waals surface area contributed by atoms with Crippen LogP contribution in [-0.2, 0) is 11.2 Å². The molecule has 0 radical (unpaired) electrons. The monoisotopic (exact) mass is 260 g/mol. The van der Waals surface area contributed by atoms with Crippen molar-refractivity contribution in [2.75, 3.05) is 13.7 Å². The Morgan fingerprint density at radius 1 is 1.26 bits per heavy atom. The third-order valence-corrected chi connectivity index (χ3v) is 2.74. The molecule has 19 heavy (non-hydrogen) atoms. The van der Waals surface area contributed by atoms with Crippen molar-refractivity contribution in [3.8, 4) is 11.5 Å². The summed E-state index contributed by atoms with van der Waals surface area (Å²) in [4.78, 5) is 10.8. The van der Waals surface area contributed by atoms with Crippen molar-refractivity contribution in [2.45, 2.75) is 20.3 Å². The second-order valence-electron chi connectivity index (χ2n) is 3.96. The molecule has 0 aliphatic heterocycles. The highest BCUT2D eigenvalue weighted by Crippen LogP contribution is 2.28. The van der Waals surface area contributed by atoms with Crippen LogP contribution in [0.15, 0.2) is 42.0 Å². The molecule has 0 atom stereocenters. The van der Waals surface area contributed by atoms with Gasteiger partial charge in [-0.3, -0.25) is 0 Å². The fourth-order valence-electron chi connectivity index (χ4n) is 1.76. The van der Waals surface area contributed by atoms with Gasteiger partial charge in [0.1, 0.15) is 24.4 Å². The third kappa shape index (κ3) is 4.28. The van der Waals surface area contributed by atoms with E-state index in [9.17, 15) is 4.79 Å². The molecule has 0 N–H and O–H groups in total. The van der Waals surface area contributed by atoms with E-state index in [-0.39, 0.29) is 6.42 Å². The van der Waals surface area contributed by atoms with Gasteiger partial charge in [-0.15, -0.1) is 0 Å². The molecule has 0 heterocycles. The van der Waals surface area contributed by atoms with E-state index in [4.69, 9.17) is 9.47 Å². The standard InChI is InChI=1S/C16H20O3/c1-4-7-13(5-2)12-19-16-9-6-8-15(18-3)14(16)10-11-17/h4-9,11H,10,12H2,1-3H3/b7-4-,13-5+. The van der Waals surface area contributed by atoms with E-state index < -0.39 is 0 Å². The first-order valence-electron chi connectivity index (χ1n) is 6.27. The molecule has 0 aromatic heterocycles. The summed E-state index contributed by atoms with van der Waals surface area (Å²) in [7, 11) is 1.59. The number of methoxy groups -OCH3 is 1. The number of hydrogen-bond acceptors (Lipinski definition) is 3. The number of ether oxygens (including phenoxy) is 2. The lowest BCUT2D eigenvalue weighted by Crippen LogP contribution is -2.04. The highest BCUT2D eigenvalue weighted by Gasteiger charge is 2.09. The van der Waals surface area contributed by atoms with E-state index >= 15 is 0 Å². The molecule has 0 spiro atoms. The first-order chi connectivity index (χ1) is 9.26. The van der Waals surface area contributed by atoms with Crippen molar-refractivity contribution in [1.82, 2.24) is 0 Å². The number of carbonyl (C=O) groups excluding carboxylic acids is 1. The van der Waals surface area contributed by atoms with Crippen LogP contribution in [0.3, 0.4) is 0 Å². The van der Waals surface area contributed by atoms with Crippen LogP contribution in [0.4, 0.5) is 0 Å². The third-order valence-electron chi connectivity index (χ3n) is 2.74. The number of hydrogen-bond donors (Lipinski definition) is 0. The van der Waals surface area contributed by atoms with Gasteiger partial charge in [0, 0.05) is 12.0 Å². The maximum atomic E-state index is 10.8. The Kier molecular flexibility index (Phi) is 6.44. The Balaban J connectivity index is 2.91. The molecule has 0 unspecified atom stereocenters. The summed E-state index contributed by atoms with van der Waals surface area (Å²) in [5, 5.41) is 0. The molecule has 0 saturated heterocycles. The topological polar surface area (TPSA) is 35.5 Å². The molecule has 0 fully saturated rings. The van der Waals surface area contributed by atoms with Crippen LogP contribution in [0.25, 0.3) is 0 Å². The summed E-state index contributed by atoms with van der Waals surface area (Å²) in [5.74, 6) is 1.37. The fraction of sp³-hybridized carbons (Fsp3) is 0.312. The number of benzene rings is 1. The van der Waals surface area contributed by atoms with Gasteiger partial charge >= 0.3 is 0 Å². The maximum absolute atomic E-state index is 10.8. The Bertz CT molecular complexity index is 473. The normalized spacial score (nSPS) is 11.6. The zero-order chi connectivity index (χ0) is 14.1. The first kappa shape index (κ1) is 15.0. The van der Waals surface area contributed by atoms with Crippen molar-refractivity contribution >= 4 is 6.29 Å². The van der Waals surface area contributed by atoms with Crippen LogP contribution in [-0.4, -0.2) is 20.0 Å². The summed E-state index contributed by atoms with van der Waals surface area (Å²) < 4.78 is 11.0. The van der Waals surface area contributed by atoms with Gasteiger partial charge in [-0.2, -0.15) is 0 Å². The summed E-state index contributed by atoms with van der Waals surface area (Å²) in [5.41, 5.74) is 1.87. The molecule has 1 aromatic carbocycles. The second kappa shape index (κ2) is 8.14. The van der Waals surface area contributed by atoms with E-state index in [0.29, 0.717) is 18.1 Å². The number of allylic oxidation sites excluding steroid dienone is 2. The van der Waals surface area contributed by atoms with E-state index in [1.807, 2.05) is 50.3 Å². The lowest BCUT2D eigenvalue weighted by molar-refractivity contribution is -0.107. The van der Waals surface area contributed by atoms with Crippen LogP contribution in [0.2, 0.25) is 0 Å². The summed E-state index contributed by atoms with van der Waals surface area (Å²) in [6.07, 6.45) is 7.11. The van der Waals surface area contributed by atoms with Crippen molar-refractivity contribution in [2.24, 2.45) is 0 Å². The predicted octanol–water partition coefficient (Wildman–Crippen LogP) is 3.34. The largest absolute Gasteiger partial charge is 0.496 e. The molecule has 0 bridgehead atoms. The zero-order valence-electron chi connectivity index (χ0n) is 11.7. The lowest BCUT2D eigenvalue weighted by Gasteiger charge is -2.13. The minimum absolute atomic E-state index is 0.286. The van der Waals surface area contributed by atoms with E-state index in [0.717, 1.165) is 17.4 Å². The molecule has 0 aliphatic rings. The molecule has 0 saturated carbocycles. The van der Waals surface area contributed by atoms with Crippen molar-refractivity contribution in [3.63, 3.8) is 0 Å². The van der Waals surface area contributed by atoms with Crippen LogP contribution in [0.1, 0.15) is 19.4 Å². The number of aldehydes is 1. The summed E-state index contributed by atoms with van der Waals surface area (Å²) in [6, 6.07) is 5.53. The highest BCUT2D eigenvalue weighted by molar-refractivity contribution is 5.61. The lowest BCUT2D eigenvalue weighted by atomic mass is 10.1.